The minimum Gasteiger partial charge on any atom is -0.475 e. The first-order chi connectivity index (χ1) is 14.9. The molecule has 1 aliphatic rings. The van der Waals surface area contributed by atoms with E-state index in [1.807, 2.05) is 6.07 Å². The Hall–Kier alpha value is -3.20. The van der Waals surface area contributed by atoms with Gasteiger partial charge >= 0.3 is 18.3 Å². The van der Waals surface area contributed by atoms with Crippen LogP contribution in [0.1, 0.15) is 36.3 Å². The summed E-state index contributed by atoms with van der Waals surface area (Å²) in [6.45, 7) is 0.857. The maximum atomic E-state index is 12.9. The van der Waals surface area contributed by atoms with Gasteiger partial charge < -0.3 is 10.4 Å². The summed E-state index contributed by atoms with van der Waals surface area (Å²) in [4.78, 5) is 17.1. The van der Waals surface area contributed by atoms with Crippen molar-refractivity contribution < 1.29 is 36.2 Å². The van der Waals surface area contributed by atoms with E-state index in [9.17, 15) is 26.3 Å². The largest absolute Gasteiger partial charge is 0.490 e. The second-order valence-electron chi connectivity index (χ2n) is 6.89. The van der Waals surface area contributed by atoms with E-state index in [-0.39, 0.29) is 5.82 Å². The molecule has 0 saturated heterocycles. The van der Waals surface area contributed by atoms with Gasteiger partial charge in [-0.25, -0.2) is 14.8 Å². The predicted molar refractivity (Wildman–Crippen MR) is 100 cm³/mol. The molecule has 6 nitrogen and oxygen atoms in total. The first kappa shape index (κ1) is 25.1. The van der Waals surface area contributed by atoms with E-state index in [0.717, 1.165) is 25.1 Å². The highest BCUT2D eigenvalue weighted by Crippen LogP contribution is 2.32. The van der Waals surface area contributed by atoms with Crippen molar-refractivity contribution in [1.29, 1.82) is 5.26 Å². The smallest absolute Gasteiger partial charge is 0.475 e. The normalized spacial score (nSPS) is 13.7. The molecule has 2 aromatic rings. The van der Waals surface area contributed by atoms with Gasteiger partial charge in [0.05, 0.1) is 11.3 Å². The number of nitrogens with one attached hydrogen (secondary N) is 1. The van der Waals surface area contributed by atoms with Gasteiger partial charge in [-0.3, -0.25) is 0 Å². The third-order valence-corrected chi connectivity index (χ3v) is 4.23. The fourth-order valence-corrected chi connectivity index (χ4v) is 2.54. The van der Waals surface area contributed by atoms with Gasteiger partial charge in [-0.2, -0.15) is 31.6 Å². The lowest BCUT2D eigenvalue weighted by Gasteiger charge is -2.09. The van der Waals surface area contributed by atoms with Crippen LogP contribution in [-0.4, -0.2) is 39.8 Å². The van der Waals surface area contributed by atoms with E-state index in [2.05, 4.69) is 15.3 Å². The van der Waals surface area contributed by atoms with Gasteiger partial charge in [0.2, 0.25) is 5.82 Å². The Balaban J connectivity index is 0.000000451. The van der Waals surface area contributed by atoms with Gasteiger partial charge in [-0.15, -0.1) is 0 Å². The van der Waals surface area contributed by atoms with Crippen LogP contribution in [-0.2, 0) is 17.4 Å². The zero-order valence-electron chi connectivity index (χ0n) is 16.5. The Labute approximate surface area is 178 Å². The minimum atomic E-state index is -5.08. The summed E-state index contributed by atoms with van der Waals surface area (Å²) in [5.74, 6) is -2.78. The fourth-order valence-electron chi connectivity index (χ4n) is 2.54. The Morgan fingerprint density at radius 2 is 1.81 bits per heavy atom. The molecular formula is C20H18F6N4O2. The lowest BCUT2D eigenvalue weighted by molar-refractivity contribution is -0.192. The lowest BCUT2D eigenvalue weighted by atomic mass is 10.1. The number of carboxylic acid groups (broad SMARTS) is 1. The van der Waals surface area contributed by atoms with Crippen LogP contribution >= 0.6 is 0 Å². The third kappa shape index (κ3) is 8.14. The molecular weight excluding hydrogens is 442 g/mol. The molecule has 1 heterocycles. The van der Waals surface area contributed by atoms with Crippen molar-refractivity contribution in [1.82, 2.24) is 15.3 Å². The number of alkyl halides is 6. The number of carboxylic acids is 1. The topological polar surface area (TPSA) is 98.9 Å². The van der Waals surface area contributed by atoms with Crippen LogP contribution in [0.15, 0.2) is 30.3 Å². The zero-order chi connectivity index (χ0) is 23.9. The van der Waals surface area contributed by atoms with Gasteiger partial charge in [0.15, 0.2) is 0 Å². The molecule has 3 rings (SSSR count). The average Bonchev–Trinajstić information content (AvgIpc) is 3.54. The molecule has 1 aliphatic carbocycles. The highest BCUT2D eigenvalue weighted by Gasteiger charge is 2.38. The molecule has 0 radical (unpaired) electrons. The van der Waals surface area contributed by atoms with Crippen LogP contribution in [0, 0.1) is 11.3 Å². The van der Waals surface area contributed by atoms with Crippen molar-refractivity contribution in [2.75, 3.05) is 6.54 Å². The number of hydrogen-bond donors (Lipinski definition) is 2. The van der Waals surface area contributed by atoms with Crippen LogP contribution in [0.2, 0.25) is 0 Å². The lowest BCUT2D eigenvalue weighted by Crippen LogP contribution is -2.21. The van der Waals surface area contributed by atoms with E-state index in [0.29, 0.717) is 29.4 Å². The summed E-state index contributed by atoms with van der Waals surface area (Å²) >= 11 is 0. The van der Waals surface area contributed by atoms with E-state index < -0.39 is 23.9 Å². The quantitative estimate of drug-likeness (QED) is 0.491. The van der Waals surface area contributed by atoms with Crippen molar-refractivity contribution >= 4 is 5.97 Å². The number of nitrogens with zero attached hydrogens (tertiary/aromatic N) is 3. The Morgan fingerprint density at radius 1 is 1.16 bits per heavy atom. The summed E-state index contributed by atoms with van der Waals surface area (Å²) in [5.41, 5.74) is 0.586. The highest BCUT2D eigenvalue weighted by molar-refractivity contribution is 5.73. The average molecular weight is 460 g/mol. The Bertz CT molecular complexity index is 981. The van der Waals surface area contributed by atoms with Gasteiger partial charge in [-0.1, -0.05) is 12.1 Å². The number of aryl methyl sites for hydroxylation is 1. The molecule has 0 unspecified atom stereocenters. The van der Waals surface area contributed by atoms with Gasteiger partial charge in [-0.05, 0) is 50.4 Å². The SMILES string of the molecule is N#Cc1nc(CCCNC2CC2)cc(-c2cccc(C(F)(F)F)c2)n1.O=C(O)C(F)(F)F. The zero-order valence-corrected chi connectivity index (χ0v) is 16.5. The molecule has 1 aromatic heterocycles. The summed E-state index contributed by atoms with van der Waals surface area (Å²) in [6.07, 6.45) is -5.58. The van der Waals surface area contributed by atoms with Crippen molar-refractivity contribution in [3.05, 3.63) is 47.4 Å². The van der Waals surface area contributed by atoms with Crippen molar-refractivity contribution in [2.45, 2.75) is 44.1 Å². The number of halogens is 6. The molecule has 1 saturated carbocycles. The number of carbonyl (C=O) groups is 1. The summed E-state index contributed by atoms with van der Waals surface area (Å²) in [6, 6.07) is 9.12. The van der Waals surface area contributed by atoms with Crippen LogP contribution in [0.3, 0.4) is 0 Å². The van der Waals surface area contributed by atoms with E-state index >= 15 is 0 Å². The van der Waals surface area contributed by atoms with Gasteiger partial charge in [0.25, 0.3) is 0 Å². The number of hydrogen-bond acceptors (Lipinski definition) is 5. The van der Waals surface area contributed by atoms with Crippen LogP contribution in [0.4, 0.5) is 26.3 Å². The monoisotopic (exact) mass is 460 g/mol. The summed E-state index contributed by atoms with van der Waals surface area (Å²) in [7, 11) is 0. The second-order valence-corrected chi connectivity index (χ2v) is 6.89. The molecule has 0 bridgehead atoms. The van der Waals surface area contributed by atoms with E-state index in [4.69, 9.17) is 15.2 Å². The van der Waals surface area contributed by atoms with Crippen molar-refractivity contribution in [3.8, 4) is 17.3 Å². The number of aromatic nitrogens is 2. The Morgan fingerprint density at radius 3 is 2.34 bits per heavy atom. The third-order valence-electron chi connectivity index (χ3n) is 4.23. The molecule has 0 spiro atoms. The second kappa shape index (κ2) is 10.4. The molecule has 0 amide bonds. The number of benzene rings is 1. The maximum absolute atomic E-state index is 12.9. The van der Waals surface area contributed by atoms with Gasteiger partial charge in [0.1, 0.15) is 6.07 Å². The van der Waals surface area contributed by atoms with E-state index in [1.165, 1.54) is 18.9 Å². The molecule has 1 aromatic carbocycles. The standard InChI is InChI=1S/C18H17F3N4.C2HF3O2/c19-18(20,21)13-4-1-3-12(9-13)16-10-15(24-17(11-22)25-16)5-2-8-23-14-6-7-14;3-2(4,5)1(6)7/h1,3-4,9-10,14,23H,2,5-8H2;(H,6,7). The van der Waals surface area contributed by atoms with Crippen LogP contribution in [0.5, 0.6) is 0 Å². The molecule has 0 atom stereocenters. The van der Waals surface area contributed by atoms with Crippen molar-refractivity contribution in [2.24, 2.45) is 0 Å². The first-order valence-electron chi connectivity index (χ1n) is 9.39. The molecule has 0 aliphatic heterocycles. The maximum Gasteiger partial charge on any atom is 0.490 e. The van der Waals surface area contributed by atoms with Gasteiger partial charge in [0, 0.05) is 17.3 Å². The summed E-state index contributed by atoms with van der Waals surface area (Å²) in [5, 5.41) is 19.6. The van der Waals surface area contributed by atoms with Crippen LogP contribution in [0.25, 0.3) is 11.3 Å². The highest BCUT2D eigenvalue weighted by atomic mass is 19.4. The number of nitriles is 1. The molecule has 172 valence electrons. The minimum absolute atomic E-state index is 0.0277. The Kier molecular flexibility index (Phi) is 8.15. The fraction of sp³-hybridized carbons (Fsp3) is 0.400. The number of aliphatic carboxylic acids is 1. The van der Waals surface area contributed by atoms with E-state index in [1.54, 1.807) is 12.1 Å². The van der Waals surface area contributed by atoms with Crippen LogP contribution < -0.4 is 5.32 Å². The molecule has 2 N–H and O–H groups in total. The van der Waals surface area contributed by atoms with Crippen molar-refractivity contribution in [3.63, 3.8) is 0 Å². The summed E-state index contributed by atoms with van der Waals surface area (Å²) < 4.78 is 70.4. The first-order valence-corrected chi connectivity index (χ1v) is 9.39. The predicted octanol–water partition coefficient (Wildman–Crippen LogP) is 4.35. The molecule has 12 heteroatoms. The number of rotatable bonds is 6. The molecule has 1 fully saturated rings. The molecule has 32 heavy (non-hydrogen) atoms.